The molecule has 0 atom stereocenters. The Balaban J connectivity index is 1.60. The SMILES string of the molecule is COc1ccc(-c2noc(CN(C)Cc3ccc(C(C)C)cc3)n2)cc1. The van der Waals surface area contributed by atoms with Crippen LogP contribution in [0.25, 0.3) is 11.4 Å². The fraction of sp³-hybridized carbons (Fsp3) is 0.333. The lowest BCUT2D eigenvalue weighted by Crippen LogP contribution is -2.17. The highest BCUT2D eigenvalue weighted by atomic mass is 16.5. The van der Waals surface area contributed by atoms with Crippen molar-refractivity contribution >= 4 is 0 Å². The second-order valence-electron chi connectivity index (χ2n) is 6.81. The topological polar surface area (TPSA) is 51.4 Å². The molecule has 0 radical (unpaired) electrons. The summed E-state index contributed by atoms with van der Waals surface area (Å²) < 4.78 is 10.6. The van der Waals surface area contributed by atoms with Crippen molar-refractivity contribution in [1.29, 1.82) is 0 Å². The van der Waals surface area contributed by atoms with Crippen molar-refractivity contribution in [2.24, 2.45) is 0 Å². The number of hydrogen-bond donors (Lipinski definition) is 0. The Morgan fingerprint density at radius 2 is 1.69 bits per heavy atom. The molecule has 0 aliphatic carbocycles. The molecule has 0 bridgehead atoms. The lowest BCUT2D eigenvalue weighted by atomic mass is 10.0. The van der Waals surface area contributed by atoms with Crippen LogP contribution in [0.4, 0.5) is 0 Å². The molecule has 0 aliphatic heterocycles. The van der Waals surface area contributed by atoms with Crippen molar-refractivity contribution in [3.63, 3.8) is 0 Å². The molecule has 3 aromatic rings. The number of ether oxygens (including phenoxy) is 1. The molecule has 5 heteroatoms. The van der Waals surface area contributed by atoms with Gasteiger partial charge in [-0.2, -0.15) is 4.98 Å². The first-order valence-corrected chi connectivity index (χ1v) is 8.79. The summed E-state index contributed by atoms with van der Waals surface area (Å²) >= 11 is 0. The Kier molecular flexibility index (Phi) is 5.68. The van der Waals surface area contributed by atoms with Crippen LogP contribution in [0.5, 0.6) is 5.75 Å². The maximum Gasteiger partial charge on any atom is 0.241 e. The summed E-state index contributed by atoms with van der Waals surface area (Å²) in [6.07, 6.45) is 0. The van der Waals surface area contributed by atoms with Crippen molar-refractivity contribution < 1.29 is 9.26 Å². The van der Waals surface area contributed by atoms with Crippen LogP contribution < -0.4 is 4.74 Å². The number of aromatic nitrogens is 2. The van der Waals surface area contributed by atoms with E-state index in [0.717, 1.165) is 17.9 Å². The van der Waals surface area contributed by atoms with E-state index in [1.807, 2.05) is 31.3 Å². The van der Waals surface area contributed by atoms with Gasteiger partial charge in [0.05, 0.1) is 13.7 Å². The van der Waals surface area contributed by atoms with Crippen LogP contribution in [0.2, 0.25) is 0 Å². The van der Waals surface area contributed by atoms with Crippen LogP contribution in [-0.2, 0) is 13.1 Å². The summed E-state index contributed by atoms with van der Waals surface area (Å²) in [6, 6.07) is 16.4. The van der Waals surface area contributed by atoms with Gasteiger partial charge in [-0.25, -0.2) is 0 Å². The van der Waals surface area contributed by atoms with E-state index in [4.69, 9.17) is 9.26 Å². The first kappa shape index (κ1) is 18.1. The molecule has 26 heavy (non-hydrogen) atoms. The van der Waals surface area contributed by atoms with Gasteiger partial charge in [-0.1, -0.05) is 43.3 Å². The zero-order valence-corrected chi connectivity index (χ0v) is 15.8. The number of rotatable bonds is 7. The minimum absolute atomic E-state index is 0.552. The van der Waals surface area contributed by atoms with Crippen LogP contribution in [0, 0.1) is 0 Å². The summed E-state index contributed by atoms with van der Waals surface area (Å²) in [5.74, 6) is 2.56. The summed E-state index contributed by atoms with van der Waals surface area (Å²) in [5.41, 5.74) is 3.54. The van der Waals surface area contributed by atoms with Crippen LogP contribution >= 0.6 is 0 Å². The molecular weight excluding hydrogens is 326 g/mol. The van der Waals surface area contributed by atoms with Gasteiger partial charge in [0.25, 0.3) is 0 Å². The molecule has 2 aromatic carbocycles. The third-order valence-electron chi connectivity index (χ3n) is 4.32. The molecule has 0 saturated carbocycles. The Hall–Kier alpha value is -2.66. The fourth-order valence-electron chi connectivity index (χ4n) is 2.78. The second-order valence-corrected chi connectivity index (χ2v) is 6.81. The maximum absolute atomic E-state index is 5.40. The Morgan fingerprint density at radius 3 is 2.31 bits per heavy atom. The van der Waals surface area contributed by atoms with E-state index in [1.54, 1.807) is 7.11 Å². The molecular formula is C21H25N3O2. The molecule has 3 rings (SSSR count). The van der Waals surface area contributed by atoms with Gasteiger partial charge < -0.3 is 9.26 Å². The Labute approximate surface area is 154 Å². The quantitative estimate of drug-likeness (QED) is 0.627. The molecule has 0 amide bonds. The molecule has 0 saturated heterocycles. The smallest absolute Gasteiger partial charge is 0.241 e. The molecule has 0 unspecified atom stereocenters. The average Bonchev–Trinajstić information content (AvgIpc) is 3.10. The number of benzene rings is 2. The Morgan fingerprint density at radius 1 is 1.00 bits per heavy atom. The van der Waals surface area contributed by atoms with Gasteiger partial charge in [-0.15, -0.1) is 0 Å². The largest absolute Gasteiger partial charge is 0.497 e. The van der Waals surface area contributed by atoms with Gasteiger partial charge in [0.2, 0.25) is 11.7 Å². The van der Waals surface area contributed by atoms with Gasteiger partial charge in [-0.05, 0) is 48.4 Å². The number of hydrogen-bond acceptors (Lipinski definition) is 5. The lowest BCUT2D eigenvalue weighted by Gasteiger charge is -2.15. The number of methoxy groups -OCH3 is 1. The van der Waals surface area contributed by atoms with E-state index in [-0.39, 0.29) is 0 Å². The second kappa shape index (κ2) is 8.15. The minimum Gasteiger partial charge on any atom is -0.497 e. The zero-order valence-electron chi connectivity index (χ0n) is 15.8. The van der Waals surface area contributed by atoms with Gasteiger partial charge >= 0.3 is 0 Å². The average molecular weight is 351 g/mol. The highest BCUT2D eigenvalue weighted by Gasteiger charge is 2.11. The first-order valence-electron chi connectivity index (χ1n) is 8.79. The monoisotopic (exact) mass is 351 g/mol. The van der Waals surface area contributed by atoms with Crippen LogP contribution in [0.3, 0.4) is 0 Å². The highest BCUT2D eigenvalue weighted by molar-refractivity contribution is 5.55. The summed E-state index contributed by atoms with van der Waals surface area (Å²) in [5, 5.41) is 4.08. The first-order chi connectivity index (χ1) is 12.5. The van der Waals surface area contributed by atoms with Crippen LogP contribution in [-0.4, -0.2) is 29.2 Å². The van der Waals surface area contributed by atoms with Gasteiger partial charge in [0, 0.05) is 12.1 Å². The molecule has 1 aromatic heterocycles. The van der Waals surface area contributed by atoms with Crippen LogP contribution in [0.15, 0.2) is 53.1 Å². The van der Waals surface area contributed by atoms with E-state index in [0.29, 0.717) is 24.2 Å². The van der Waals surface area contributed by atoms with Crippen molar-refractivity contribution in [3.05, 3.63) is 65.5 Å². The van der Waals surface area contributed by atoms with Crippen LogP contribution in [0.1, 0.15) is 36.8 Å². The fourth-order valence-corrected chi connectivity index (χ4v) is 2.78. The van der Waals surface area contributed by atoms with E-state index in [9.17, 15) is 0 Å². The van der Waals surface area contributed by atoms with E-state index >= 15 is 0 Å². The molecule has 0 N–H and O–H groups in total. The maximum atomic E-state index is 5.40. The standard InChI is InChI=1S/C21H25N3O2/c1-15(2)17-7-5-16(6-8-17)13-24(3)14-20-22-21(23-26-20)18-9-11-19(25-4)12-10-18/h5-12,15H,13-14H2,1-4H3. The van der Waals surface area contributed by atoms with Crippen molar-refractivity contribution in [2.75, 3.05) is 14.2 Å². The van der Waals surface area contributed by atoms with Crippen molar-refractivity contribution in [1.82, 2.24) is 15.0 Å². The lowest BCUT2D eigenvalue weighted by molar-refractivity contribution is 0.261. The van der Waals surface area contributed by atoms with Gasteiger partial charge in [0.1, 0.15) is 5.75 Å². The predicted molar refractivity (Wildman–Crippen MR) is 102 cm³/mol. The molecule has 0 aliphatic rings. The molecule has 5 nitrogen and oxygen atoms in total. The molecule has 136 valence electrons. The van der Waals surface area contributed by atoms with Crippen molar-refractivity contribution in [2.45, 2.75) is 32.9 Å². The normalized spacial score (nSPS) is 11.3. The predicted octanol–water partition coefficient (Wildman–Crippen LogP) is 4.50. The summed E-state index contributed by atoms with van der Waals surface area (Å²) in [6.45, 7) is 5.85. The highest BCUT2D eigenvalue weighted by Crippen LogP contribution is 2.20. The summed E-state index contributed by atoms with van der Waals surface area (Å²) in [7, 11) is 3.70. The third kappa shape index (κ3) is 4.49. The minimum atomic E-state index is 0.552. The van der Waals surface area contributed by atoms with Crippen molar-refractivity contribution in [3.8, 4) is 17.1 Å². The third-order valence-corrected chi connectivity index (χ3v) is 4.32. The van der Waals surface area contributed by atoms with Gasteiger partial charge in [-0.3, -0.25) is 4.90 Å². The summed E-state index contributed by atoms with van der Waals surface area (Å²) in [4.78, 5) is 6.66. The number of nitrogens with zero attached hydrogens (tertiary/aromatic N) is 3. The zero-order chi connectivity index (χ0) is 18.5. The Bertz CT molecular complexity index is 823. The molecule has 0 spiro atoms. The van der Waals surface area contributed by atoms with E-state index in [2.05, 4.69) is 53.2 Å². The van der Waals surface area contributed by atoms with Gasteiger partial charge in [0.15, 0.2) is 0 Å². The molecule has 1 heterocycles. The van der Waals surface area contributed by atoms with E-state index < -0.39 is 0 Å². The molecule has 0 fully saturated rings. The van der Waals surface area contributed by atoms with E-state index in [1.165, 1.54) is 11.1 Å².